The normalized spacial score (nSPS) is 14.3. The molecule has 0 unspecified atom stereocenters. The van der Waals surface area contributed by atoms with E-state index in [4.69, 9.17) is 15.6 Å². The molecule has 0 saturated heterocycles. The molecule has 236 valence electrons. The molecule has 4 heterocycles. The number of ether oxygens (including phenoxy) is 1. The highest BCUT2D eigenvalue weighted by Gasteiger charge is 2.34. The second kappa shape index (κ2) is 12.2. The van der Waals surface area contributed by atoms with Gasteiger partial charge in [0, 0.05) is 66.2 Å². The largest absolute Gasteiger partial charge is 0.419 e. The van der Waals surface area contributed by atoms with Crippen LogP contribution >= 0.6 is 0 Å². The third-order valence-corrected chi connectivity index (χ3v) is 8.21. The predicted octanol–water partition coefficient (Wildman–Crippen LogP) is 6.52. The smallest absolute Gasteiger partial charge is 0.375 e. The number of halogens is 4. The standard InChI is InChI=1S/C33H35F4N7O/c1-4-20-7-6-8-21(5-2)30(20)44-31(28-24-9-11-39-29(24)22(13-26(28)34)18-45-17-19(3)38)25-16-43(12-10-27(25)42-44)32-40-14-23(15-41-32)33(35,36)37/h6-9,11,13-15,19,39H,4-5,10,12,16-18,38H2,1-3H3/t19-/m0/s1. The van der Waals surface area contributed by atoms with Crippen molar-refractivity contribution >= 4 is 16.9 Å². The van der Waals surface area contributed by atoms with Gasteiger partial charge in [0.15, 0.2) is 0 Å². The zero-order valence-electron chi connectivity index (χ0n) is 25.4. The highest BCUT2D eigenvalue weighted by atomic mass is 19.4. The monoisotopic (exact) mass is 621 g/mol. The highest BCUT2D eigenvalue weighted by molar-refractivity contribution is 5.97. The minimum Gasteiger partial charge on any atom is -0.375 e. The SMILES string of the molecule is CCc1cccc(CC)c1-n1nc2c(c1-c1c(F)cc(COC[C@H](C)N)c3[nH]ccc13)CN(c1ncc(C(F)(F)F)cn1)CC2. The Bertz CT molecular complexity index is 1800. The summed E-state index contributed by atoms with van der Waals surface area (Å²) in [6.07, 6.45) is 0.801. The molecule has 1 aliphatic rings. The van der Waals surface area contributed by atoms with Gasteiger partial charge in [0.2, 0.25) is 5.95 Å². The molecule has 6 rings (SSSR count). The van der Waals surface area contributed by atoms with Gasteiger partial charge in [-0.1, -0.05) is 32.0 Å². The van der Waals surface area contributed by atoms with Crippen LogP contribution in [0.3, 0.4) is 0 Å². The van der Waals surface area contributed by atoms with Crippen molar-refractivity contribution in [2.24, 2.45) is 5.73 Å². The van der Waals surface area contributed by atoms with E-state index in [1.165, 1.54) is 6.07 Å². The van der Waals surface area contributed by atoms with Crippen LogP contribution in [0.2, 0.25) is 0 Å². The number of nitrogens with one attached hydrogen (secondary N) is 1. The molecule has 3 N–H and O–H groups in total. The van der Waals surface area contributed by atoms with Gasteiger partial charge in [-0.05, 0) is 43.0 Å². The zero-order valence-corrected chi connectivity index (χ0v) is 25.4. The first-order valence-corrected chi connectivity index (χ1v) is 15.1. The molecule has 0 fully saturated rings. The maximum absolute atomic E-state index is 16.5. The Kier molecular flexibility index (Phi) is 8.36. The van der Waals surface area contributed by atoms with E-state index in [-0.39, 0.29) is 25.1 Å². The zero-order chi connectivity index (χ0) is 31.9. The number of hydrogen-bond donors (Lipinski definition) is 2. The number of benzene rings is 2. The van der Waals surface area contributed by atoms with Crippen LogP contribution in [0.15, 0.2) is 48.9 Å². The number of aromatic nitrogens is 5. The summed E-state index contributed by atoms with van der Waals surface area (Å²) in [5.74, 6) is -0.259. The Hall–Kier alpha value is -4.29. The lowest BCUT2D eigenvalue weighted by molar-refractivity contribution is -0.138. The molecular weight excluding hydrogens is 586 g/mol. The molecule has 2 aromatic carbocycles. The molecule has 0 saturated carbocycles. The maximum atomic E-state index is 16.5. The van der Waals surface area contributed by atoms with E-state index < -0.39 is 17.6 Å². The number of aryl methyl sites for hydroxylation is 2. The third kappa shape index (κ3) is 5.80. The number of nitrogens with two attached hydrogens (primary N) is 1. The molecule has 3 aromatic heterocycles. The highest BCUT2D eigenvalue weighted by Crippen LogP contribution is 2.41. The van der Waals surface area contributed by atoms with Gasteiger partial charge >= 0.3 is 6.18 Å². The number of fused-ring (bicyclic) bond motifs is 2. The molecule has 1 atom stereocenters. The van der Waals surface area contributed by atoms with Crippen molar-refractivity contribution in [3.8, 4) is 16.9 Å². The molecule has 12 heteroatoms. The fourth-order valence-electron chi connectivity index (χ4n) is 6.06. The van der Waals surface area contributed by atoms with Gasteiger partial charge in [0.25, 0.3) is 0 Å². The minimum atomic E-state index is -4.54. The van der Waals surface area contributed by atoms with Gasteiger partial charge in [0.1, 0.15) is 5.82 Å². The molecule has 0 radical (unpaired) electrons. The van der Waals surface area contributed by atoms with Crippen LogP contribution in [0.25, 0.3) is 27.8 Å². The molecule has 45 heavy (non-hydrogen) atoms. The Morgan fingerprint density at radius 3 is 2.42 bits per heavy atom. The fourth-order valence-corrected chi connectivity index (χ4v) is 6.06. The number of para-hydroxylation sites is 1. The first-order valence-electron chi connectivity index (χ1n) is 15.1. The van der Waals surface area contributed by atoms with Crippen LogP contribution in [0, 0.1) is 5.82 Å². The summed E-state index contributed by atoms with van der Waals surface area (Å²) in [6, 6.07) is 9.32. The van der Waals surface area contributed by atoms with Gasteiger partial charge in [-0.2, -0.15) is 18.3 Å². The van der Waals surface area contributed by atoms with Crippen molar-refractivity contribution in [1.29, 1.82) is 0 Å². The lowest BCUT2D eigenvalue weighted by Crippen LogP contribution is -2.31. The number of anilines is 1. The first-order chi connectivity index (χ1) is 21.6. The Morgan fingerprint density at radius 2 is 1.78 bits per heavy atom. The number of nitrogens with zero attached hydrogens (tertiary/aromatic N) is 5. The van der Waals surface area contributed by atoms with Crippen molar-refractivity contribution in [3.05, 3.63) is 88.3 Å². The van der Waals surface area contributed by atoms with E-state index in [1.807, 2.05) is 28.6 Å². The predicted molar refractivity (Wildman–Crippen MR) is 165 cm³/mol. The van der Waals surface area contributed by atoms with Crippen molar-refractivity contribution in [2.75, 3.05) is 18.1 Å². The average Bonchev–Trinajstić information content (AvgIpc) is 3.65. The van der Waals surface area contributed by atoms with Crippen LogP contribution in [-0.4, -0.2) is 43.9 Å². The fraction of sp³-hybridized carbons (Fsp3) is 0.364. The average molecular weight is 622 g/mol. The summed E-state index contributed by atoms with van der Waals surface area (Å²) in [6.45, 7) is 7.21. The second-order valence-electron chi connectivity index (χ2n) is 11.4. The van der Waals surface area contributed by atoms with Crippen molar-refractivity contribution < 1.29 is 22.3 Å². The summed E-state index contributed by atoms with van der Waals surface area (Å²) in [4.78, 5) is 13.2. The summed E-state index contributed by atoms with van der Waals surface area (Å²) >= 11 is 0. The van der Waals surface area contributed by atoms with E-state index in [1.54, 1.807) is 6.20 Å². The van der Waals surface area contributed by atoms with Gasteiger partial charge in [-0.25, -0.2) is 19.0 Å². The second-order valence-corrected chi connectivity index (χ2v) is 11.4. The maximum Gasteiger partial charge on any atom is 0.419 e. The quantitative estimate of drug-likeness (QED) is 0.182. The summed E-state index contributed by atoms with van der Waals surface area (Å²) < 4.78 is 63.8. The van der Waals surface area contributed by atoms with Gasteiger partial charge in [-0.15, -0.1) is 0 Å². The first kappa shape index (κ1) is 30.7. The van der Waals surface area contributed by atoms with Gasteiger partial charge < -0.3 is 20.4 Å². The molecule has 0 amide bonds. The molecule has 0 spiro atoms. The van der Waals surface area contributed by atoms with Gasteiger partial charge in [0.05, 0.1) is 41.4 Å². The van der Waals surface area contributed by atoms with Crippen molar-refractivity contribution in [3.63, 3.8) is 0 Å². The Morgan fingerprint density at radius 1 is 1.07 bits per heavy atom. The van der Waals surface area contributed by atoms with E-state index in [9.17, 15) is 13.2 Å². The van der Waals surface area contributed by atoms with Crippen LogP contribution in [0.4, 0.5) is 23.5 Å². The number of aromatic amines is 1. The Labute approximate surface area is 258 Å². The molecule has 8 nitrogen and oxygen atoms in total. The van der Waals surface area contributed by atoms with Crippen LogP contribution in [0.1, 0.15) is 54.3 Å². The molecule has 0 bridgehead atoms. The van der Waals surface area contributed by atoms with Crippen molar-refractivity contribution in [2.45, 2.75) is 65.4 Å². The Balaban J connectivity index is 1.54. The lowest BCUT2D eigenvalue weighted by atomic mass is 9.95. The molecule has 0 aliphatic carbocycles. The van der Waals surface area contributed by atoms with E-state index in [0.717, 1.165) is 58.8 Å². The topological polar surface area (TPSA) is 97.9 Å². The van der Waals surface area contributed by atoms with E-state index in [0.29, 0.717) is 41.8 Å². The molecule has 5 aromatic rings. The molecular formula is C33H35F4N7O. The minimum absolute atomic E-state index is 0.155. The summed E-state index contributed by atoms with van der Waals surface area (Å²) in [5, 5.41) is 5.77. The van der Waals surface area contributed by atoms with Crippen LogP contribution in [-0.2, 0) is 43.3 Å². The number of hydrogen-bond acceptors (Lipinski definition) is 6. The van der Waals surface area contributed by atoms with Gasteiger partial charge in [-0.3, -0.25) is 0 Å². The van der Waals surface area contributed by atoms with Crippen LogP contribution < -0.4 is 10.6 Å². The third-order valence-electron chi connectivity index (χ3n) is 8.21. The van der Waals surface area contributed by atoms with Crippen molar-refractivity contribution in [1.82, 2.24) is 24.7 Å². The lowest BCUT2D eigenvalue weighted by Gasteiger charge is -2.27. The summed E-state index contributed by atoms with van der Waals surface area (Å²) in [7, 11) is 0. The van der Waals surface area contributed by atoms with E-state index in [2.05, 4.69) is 40.9 Å². The van der Waals surface area contributed by atoms with Crippen LogP contribution in [0.5, 0.6) is 0 Å². The number of rotatable bonds is 9. The summed E-state index contributed by atoms with van der Waals surface area (Å²) in [5.41, 5.74) is 12.0. The molecule has 1 aliphatic heterocycles. The van der Waals surface area contributed by atoms with E-state index >= 15 is 4.39 Å². The number of H-pyrrole nitrogens is 1. The number of alkyl halides is 3.